The molecule has 4 nitrogen and oxygen atoms in total. The van der Waals surface area contributed by atoms with Gasteiger partial charge in [-0.05, 0) is 93.6 Å². The summed E-state index contributed by atoms with van der Waals surface area (Å²) in [5, 5.41) is 13.0. The highest BCUT2D eigenvalue weighted by Crippen LogP contribution is 2.41. The van der Waals surface area contributed by atoms with E-state index in [9.17, 15) is 10.1 Å². The van der Waals surface area contributed by atoms with E-state index in [2.05, 4.69) is 44.0 Å². The molecular weight excluding hydrogens is 418 g/mol. The van der Waals surface area contributed by atoms with Gasteiger partial charge in [-0.25, -0.2) is 0 Å². The molecular formula is C27H30ClN3O. The fraction of sp³-hybridized carbons (Fsp3) is 0.333. The van der Waals surface area contributed by atoms with Crippen LogP contribution in [0.5, 0.6) is 0 Å². The van der Waals surface area contributed by atoms with E-state index >= 15 is 0 Å². The summed E-state index contributed by atoms with van der Waals surface area (Å²) in [6, 6.07) is 11.7. The molecule has 5 heteroatoms. The summed E-state index contributed by atoms with van der Waals surface area (Å²) >= 11 is 6.64. The molecule has 166 valence electrons. The molecule has 1 aliphatic heterocycles. The van der Waals surface area contributed by atoms with Crippen LogP contribution in [0.1, 0.15) is 56.4 Å². The summed E-state index contributed by atoms with van der Waals surface area (Å²) in [5.41, 5.74) is 6.61. The molecule has 1 N–H and O–H groups in total. The molecule has 1 heterocycles. The Morgan fingerprint density at radius 1 is 1.16 bits per heavy atom. The zero-order valence-electron chi connectivity index (χ0n) is 19.6. The minimum Gasteiger partial charge on any atom is -0.362 e. The van der Waals surface area contributed by atoms with Crippen LogP contribution in [0, 0.1) is 25.2 Å². The number of carbonyl (C=O) groups is 1. The van der Waals surface area contributed by atoms with Crippen LogP contribution in [0.4, 0.5) is 11.4 Å². The van der Waals surface area contributed by atoms with Crippen LogP contribution in [0.3, 0.4) is 0 Å². The number of hydrogen-bond acceptors (Lipinski definition) is 3. The van der Waals surface area contributed by atoms with Crippen LogP contribution in [-0.2, 0) is 4.79 Å². The zero-order chi connectivity index (χ0) is 23.6. The predicted octanol–water partition coefficient (Wildman–Crippen LogP) is 6.91. The number of allylic oxidation sites excluding steroid dienone is 1. The largest absolute Gasteiger partial charge is 0.362 e. The quantitative estimate of drug-likeness (QED) is 0.400. The van der Waals surface area contributed by atoms with Gasteiger partial charge in [0.2, 0.25) is 0 Å². The van der Waals surface area contributed by atoms with Crippen LogP contribution in [0.25, 0.3) is 11.6 Å². The lowest BCUT2D eigenvalue weighted by atomic mass is 9.87. The maximum Gasteiger partial charge on any atom is 0.266 e. The molecule has 32 heavy (non-hydrogen) atoms. The Hall–Kier alpha value is -3.03. The number of nitrogens with zero attached hydrogens (tertiary/aromatic N) is 2. The van der Waals surface area contributed by atoms with Crippen molar-refractivity contribution in [2.75, 3.05) is 16.8 Å². The summed E-state index contributed by atoms with van der Waals surface area (Å²) in [5.74, 6) is -0.452. The molecule has 3 rings (SSSR count). The molecule has 1 aliphatic rings. The standard InChI is InChI=1S/C27H30ClN3O/c1-7-8-31-25-14-24(28)20(13-23(25)19(4)15-27(31,5)6)12-21(16-29)26(32)30-22-10-17(2)9-18(3)11-22/h9-15H,7-8H2,1-6H3,(H,30,32)/b21-12+. The first kappa shape index (κ1) is 23.6. The molecule has 0 radical (unpaired) electrons. The summed E-state index contributed by atoms with van der Waals surface area (Å²) in [4.78, 5) is 15.1. The second-order valence-electron chi connectivity index (χ2n) is 9.02. The molecule has 1 amide bonds. The lowest BCUT2D eigenvalue weighted by Gasteiger charge is -2.43. The molecule has 0 saturated heterocycles. The second kappa shape index (κ2) is 9.22. The summed E-state index contributed by atoms with van der Waals surface area (Å²) in [6.45, 7) is 13.5. The molecule has 0 aromatic heterocycles. The van der Waals surface area contributed by atoms with Crippen molar-refractivity contribution in [2.45, 2.75) is 53.5 Å². The molecule has 0 unspecified atom stereocenters. The van der Waals surface area contributed by atoms with Crippen LogP contribution in [0.15, 0.2) is 42.0 Å². The molecule has 0 aliphatic carbocycles. The molecule has 0 spiro atoms. The van der Waals surface area contributed by atoms with Crippen molar-refractivity contribution in [3.8, 4) is 6.07 Å². The van der Waals surface area contributed by atoms with Crippen LogP contribution in [-0.4, -0.2) is 18.0 Å². The average Bonchev–Trinajstić information content (AvgIpc) is 2.68. The third-order valence-electron chi connectivity index (χ3n) is 5.69. The Morgan fingerprint density at radius 2 is 1.81 bits per heavy atom. The van der Waals surface area contributed by atoms with Crippen LogP contribution >= 0.6 is 11.6 Å². The van der Waals surface area contributed by atoms with Crippen molar-refractivity contribution in [3.05, 3.63) is 69.3 Å². The van der Waals surface area contributed by atoms with Gasteiger partial charge in [0.15, 0.2) is 0 Å². The summed E-state index contributed by atoms with van der Waals surface area (Å²) in [6.07, 6.45) is 4.84. The topological polar surface area (TPSA) is 56.1 Å². The smallest absolute Gasteiger partial charge is 0.266 e. The van der Waals surface area contributed by atoms with Crippen molar-refractivity contribution < 1.29 is 4.79 Å². The highest BCUT2D eigenvalue weighted by Gasteiger charge is 2.31. The van der Waals surface area contributed by atoms with E-state index in [4.69, 9.17) is 11.6 Å². The van der Waals surface area contributed by atoms with E-state index in [1.807, 2.05) is 50.2 Å². The van der Waals surface area contributed by atoms with E-state index in [0.29, 0.717) is 16.3 Å². The van der Waals surface area contributed by atoms with Crippen LogP contribution < -0.4 is 10.2 Å². The number of halogens is 1. The van der Waals surface area contributed by atoms with Gasteiger partial charge in [0.25, 0.3) is 5.91 Å². The number of nitriles is 1. The number of rotatable bonds is 5. The first-order valence-corrected chi connectivity index (χ1v) is 11.3. The fourth-order valence-corrected chi connectivity index (χ4v) is 4.62. The van der Waals surface area contributed by atoms with Gasteiger partial charge in [0.1, 0.15) is 11.6 Å². The maximum atomic E-state index is 12.8. The number of hydrogen-bond donors (Lipinski definition) is 1. The molecule has 2 aromatic rings. The molecule has 0 bridgehead atoms. The Kier molecular flexibility index (Phi) is 6.81. The first-order valence-electron chi connectivity index (χ1n) is 10.9. The number of nitrogens with one attached hydrogen (secondary N) is 1. The van der Waals surface area contributed by atoms with Gasteiger partial charge < -0.3 is 10.2 Å². The minimum atomic E-state index is -0.452. The van der Waals surface area contributed by atoms with Crippen molar-refractivity contribution in [2.24, 2.45) is 0 Å². The Labute approximate surface area is 196 Å². The van der Waals surface area contributed by atoms with Crippen molar-refractivity contribution in [1.82, 2.24) is 0 Å². The third-order valence-corrected chi connectivity index (χ3v) is 6.02. The van der Waals surface area contributed by atoms with Gasteiger partial charge in [0, 0.05) is 28.5 Å². The molecule has 2 aromatic carbocycles. The Bertz CT molecular complexity index is 1150. The summed E-state index contributed by atoms with van der Waals surface area (Å²) < 4.78 is 0. The fourth-order valence-electron chi connectivity index (χ4n) is 4.41. The lowest BCUT2D eigenvalue weighted by Crippen LogP contribution is -2.45. The van der Waals surface area contributed by atoms with Gasteiger partial charge in [-0.3, -0.25) is 4.79 Å². The average molecular weight is 448 g/mol. The number of benzene rings is 2. The number of aryl methyl sites for hydroxylation is 2. The van der Waals surface area contributed by atoms with E-state index in [-0.39, 0.29) is 11.1 Å². The van der Waals surface area contributed by atoms with Gasteiger partial charge in [0.05, 0.1) is 5.54 Å². The van der Waals surface area contributed by atoms with E-state index in [0.717, 1.165) is 40.9 Å². The number of fused-ring (bicyclic) bond motifs is 1. The first-order chi connectivity index (χ1) is 15.1. The molecule has 0 fully saturated rings. The Balaban J connectivity index is 1.99. The van der Waals surface area contributed by atoms with Crippen LogP contribution in [0.2, 0.25) is 5.02 Å². The Morgan fingerprint density at radius 3 is 2.41 bits per heavy atom. The SMILES string of the molecule is CCCN1c2cc(Cl)c(/C=C(\C#N)C(=O)Nc3cc(C)cc(C)c3)cc2C(C)=CC1(C)C. The predicted molar refractivity (Wildman–Crippen MR) is 135 cm³/mol. The summed E-state index contributed by atoms with van der Waals surface area (Å²) in [7, 11) is 0. The van der Waals surface area contributed by atoms with Gasteiger partial charge >= 0.3 is 0 Å². The van der Waals surface area contributed by atoms with Crippen molar-refractivity contribution >= 4 is 40.5 Å². The normalized spacial score (nSPS) is 15.0. The molecule has 0 saturated carbocycles. The van der Waals surface area contributed by atoms with Gasteiger partial charge in [-0.15, -0.1) is 0 Å². The maximum absolute atomic E-state index is 12.8. The number of anilines is 2. The third kappa shape index (κ3) is 4.89. The number of amides is 1. The number of carbonyl (C=O) groups excluding carboxylic acids is 1. The highest BCUT2D eigenvalue weighted by molar-refractivity contribution is 6.32. The highest BCUT2D eigenvalue weighted by atomic mass is 35.5. The molecule has 0 atom stereocenters. The van der Waals surface area contributed by atoms with Gasteiger partial charge in [-0.2, -0.15) is 5.26 Å². The lowest BCUT2D eigenvalue weighted by molar-refractivity contribution is -0.112. The minimum absolute atomic E-state index is 0.00851. The zero-order valence-corrected chi connectivity index (χ0v) is 20.4. The van der Waals surface area contributed by atoms with Crippen molar-refractivity contribution in [1.29, 1.82) is 5.26 Å². The monoisotopic (exact) mass is 447 g/mol. The van der Waals surface area contributed by atoms with Gasteiger partial charge in [-0.1, -0.05) is 30.7 Å². The van der Waals surface area contributed by atoms with E-state index in [1.165, 1.54) is 0 Å². The van der Waals surface area contributed by atoms with Crippen molar-refractivity contribution in [3.63, 3.8) is 0 Å². The van der Waals surface area contributed by atoms with E-state index < -0.39 is 5.91 Å². The second-order valence-corrected chi connectivity index (χ2v) is 9.43. The van der Waals surface area contributed by atoms with E-state index in [1.54, 1.807) is 6.08 Å².